The number of carbonyl (C=O) groups is 1. The Hall–Kier alpha value is -0.680. The van der Waals surface area contributed by atoms with Gasteiger partial charge in [0.05, 0.1) is 22.2 Å². The highest BCUT2D eigenvalue weighted by Gasteiger charge is 2.20. The van der Waals surface area contributed by atoms with Crippen molar-refractivity contribution in [2.24, 2.45) is 5.73 Å². The number of hydrogen-bond acceptors (Lipinski definition) is 3. The van der Waals surface area contributed by atoms with Gasteiger partial charge in [-0.3, -0.25) is 4.79 Å². The molecule has 1 aromatic rings. The van der Waals surface area contributed by atoms with Gasteiger partial charge in [0.1, 0.15) is 5.82 Å². The van der Waals surface area contributed by atoms with Crippen molar-refractivity contribution in [2.45, 2.75) is 12.5 Å². The second-order valence-electron chi connectivity index (χ2n) is 3.56. The number of Topliss-reactive ketones (excluding diaryl/α,β-unsaturated/α-hetero) is 1. The fourth-order valence-electron chi connectivity index (χ4n) is 1.40. The zero-order valence-corrected chi connectivity index (χ0v) is 10.7. The quantitative estimate of drug-likeness (QED) is 0.666. The molecule has 0 saturated heterocycles. The Kier molecular flexibility index (Phi) is 5.33. The Morgan fingerprint density at radius 2 is 2.18 bits per heavy atom. The monoisotopic (exact) mass is 279 g/mol. The van der Waals surface area contributed by atoms with E-state index in [0.717, 1.165) is 6.07 Å². The maximum atomic E-state index is 13.2. The molecule has 0 saturated carbocycles. The minimum atomic E-state index is -0.681. The van der Waals surface area contributed by atoms with Gasteiger partial charge in [0, 0.05) is 19.6 Å². The summed E-state index contributed by atoms with van der Waals surface area (Å²) in [5.74, 6) is -1.08. The standard InChI is InChI=1S/C11H12Cl2FNO2/c1-17-5-6(15)4-9(16)10-7(12)2-3-8(14)11(10)13/h2-3,6H,4-5,15H2,1H3. The van der Waals surface area contributed by atoms with Crippen LogP contribution in [0.1, 0.15) is 16.8 Å². The van der Waals surface area contributed by atoms with E-state index in [-0.39, 0.29) is 28.6 Å². The molecule has 6 heteroatoms. The summed E-state index contributed by atoms with van der Waals surface area (Å²) in [7, 11) is 1.48. The largest absolute Gasteiger partial charge is 0.383 e. The summed E-state index contributed by atoms with van der Waals surface area (Å²) in [5, 5.41) is -0.155. The molecule has 94 valence electrons. The number of benzene rings is 1. The molecular weight excluding hydrogens is 268 g/mol. The molecule has 2 N–H and O–H groups in total. The van der Waals surface area contributed by atoms with Crippen molar-refractivity contribution in [1.82, 2.24) is 0 Å². The van der Waals surface area contributed by atoms with Crippen LogP contribution in [-0.2, 0) is 4.74 Å². The summed E-state index contributed by atoms with van der Waals surface area (Å²) in [6.07, 6.45) is -0.00324. The van der Waals surface area contributed by atoms with E-state index in [1.54, 1.807) is 0 Å². The van der Waals surface area contributed by atoms with Crippen LogP contribution in [0, 0.1) is 5.82 Å². The fraction of sp³-hybridized carbons (Fsp3) is 0.364. The van der Waals surface area contributed by atoms with Crippen molar-refractivity contribution in [3.8, 4) is 0 Å². The minimum Gasteiger partial charge on any atom is -0.383 e. The number of halogens is 3. The third kappa shape index (κ3) is 3.64. The second-order valence-corrected chi connectivity index (χ2v) is 4.35. The van der Waals surface area contributed by atoms with Crippen LogP contribution in [0.25, 0.3) is 0 Å². The molecular formula is C11H12Cl2FNO2. The number of nitrogens with two attached hydrogens (primary N) is 1. The topological polar surface area (TPSA) is 52.3 Å². The van der Waals surface area contributed by atoms with Gasteiger partial charge in [0.15, 0.2) is 5.78 Å². The third-order valence-electron chi connectivity index (χ3n) is 2.15. The molecule has 1 aromatic carbocycles. The smallest absolute Gasteiger partial charge is 0.167 e. The molecule has 0 spiro atoms. The number of hydrogen-bond donors (Lipinski definition) is 1. The van der Waals surface area contributed by atoms with Crippen LogP contribution in [0.15, 0.2) is 12.1 Å². The van der Waals surface area contributed by atoms with Crippen molar-refractivity contribution in [2.75, 3.05) is 13.7 Å². The molecule has 17 heavy (non-hydrogen) atoms. The lowest BCUT2D eigenvalue weighted by Crippen LogP contribution is -2.28. The maximum Gasteiger partial charge on any atom is 0.167 e. The highest BCUT2D eigenvalue weighted by atomic mass is 35.5. The van der Waals surface area contributed by atoms with Gasteiger partial charge in [-0.25, -0.2) is 4.39 Å². The van der Waals surface area contributed by atoms with Crippen LogP contribution in [0.4, 0.5) is 4.39 Å². The van der Waals surface area contributed by atoms with E-state index in [1.165, 1.54) is 13.2 Å². The third-order valence-corrected chi connectivity index (χ3v) is 2.84. The van der Waals surface area contributed by atoms with Gasteiger partial charge in [-0.15, -0.1) is 0 Å². The molecule has 1 unspecified atom stereocenters. The summed E-state index contributed by atoms with van der Waals surface area (Å²) in [6.45, 7) is 0.232. The van der Waals surface area contributed by atoms with Crippen LogP contribution in [0.2, 0.25) is 10.0 Å². The molecule has 0 aliphatic rings. The Morgan fingerprint density at radius 1 is 1.53 bits per heavy atom. The summed E-state index contributed by atoms with van der Waals surface area (Å²) in [4.78, 5) is 11.9. The highest BCUT2D eigenvalue weighted by molar-refractivity contribution is 6.39. The van der Waals surface area contributed by atoms with Crippen LogP contribution >= 0.6 is 23.2 Å². The SMILES string of the molecule is COCC(N)CC(=O)c1c(Cl)ccc(F)c1Cl. The van der Waals surface area contributed by atoms with Gasteiger partial charge >= 0.3 is 0 Å². The van der Waals surface area contributed by atoms with Crippen molar-refractivity contribution < 1.29 is 13.9 Å². The zero-order chi connectivity index (χ0) is 13.0. The van der Waals surface area contributed by atoms with Gasteiger partial charge in [-0.05, 0) is 12.1 Å². The average molecular weight is 280 g/mol. The Balaban J connectivity index is 2.93. The number of ether oxygens (including phenoxy) is 1. The Morgan fingerprint density at radius 3 is 2.76 bits per heavy atom. The van der Waals surface area contributed by atoms with E-state index in [2.05, 4.69) is 0 Å². The maximum absolute atomic E-state index is 13.2. The Labute approximate surface area is 109 Å². The average Bonchev–Trinajstić information content (AvgIpc) is 2.24. The van der Waals surface area contributed by atoms with E-state index in [0.29, 0.717) is 0 Å². The normalized spacial score (nSPS) is 12.5. The fourth-order valence-corrected chi connectivity index (χ4v) is 1.98. The van der Waals surface area contributed by atoms with Gasteiger partial charge in [-0.1, -0.05) is 23.2 Å². The summed E-state index contributed by atoms with van der Waals surface area (Å²) < 4.78 is 18.0. The lowest BCUT2D eigenvalue weighted by Gasteiger charge is -2.11. The van der Waals surface area contributed by atoms with Gasteiger partial charge in [-0.2, -0.15) is 0 Å². The van der Waals surface area contributed by atoms with Crippen LogP contribution in [0.5, 0.6) is 0 Å². The van der Waals surface area contributed by atoms with Crippen molar-refractivity contribution >= 4 is 29.0 Å². The minimum absolute atomic E-state index is 0.00324. The molecule has 1 atom stereocenters. The van der Waals surface area contributed by atoms with Crippen LogP contribution < -0.4 is 5.73 Å². The molecule has 3 nitrogen and oxygen atoms in total. The summed E-state index contributed by atoms with van der Waals surface area (Å²) in [6, 6.07) is 1.93. The molecule has 0 radical (unpaired) electrons. The Bertz CT molecular complexity index is 426. The lowest BCUT2D eigenvalue weighted by molar-refractivity contribution is 0.0949. The predicted molar refractivity (Wildman–Crippen MR) is 65.2 cm³/mol. The van der Waals surface area contributed by atoms with Gasteiger partial charge in [0.2, 0.25) is 0 Å². The molecule has 1 rings (SSSR count). The first-order valence-electron chi connectivity index (χ1n) is 4.88. The van der Waals surface area contributed by atoms with E-state index in [9.17, 15) is 9.18 Å². The molecule has 0 bridgehead atoms. The number of ketones is 1. The molecule has 0 heterocycles. The van der Waals surface area contributed by atoms with E-state index in [1.807, 2.05) is 0 Å². The number of methoxy groups -OCH3 is 1. The predicted octanol–water partition coefficient (Wildman–Crippen LogP) is 2.68. The van der Waals surface area contributed by atoms with E-state index >= 15 is 0 Å². The first kappa shape index (κ1) is 14.4. The summed E-state index contributed by atoms with van der Waals surface area (Å²) in [5.41, 5.74) is 5.61. The molecule has 0 aromatic heterocycles. The van der Waals surface area contributed by atoms with Gasteiger partial charge < -0.3 is 10.5 Å². The first-order chi connectivity index (χ1) is 7.97. The van der Waals surface area contributed by atoms with Gasteiger partial charge in [0.25, 0.3) is 0 Å². The highest BCUT2D eigenvalue weighted by Crippen LogP contribution is 2.28. The van der Waals surface area contributed by atoms with Crippen LogP contribution in [0.3, 0.4) is 0 Å². The van der Waals surface area contributed by atoms with E-state index in [4.69, 9.17) is 33.7 Å². The van der Waals surface area contributed by atoms with Crippen molar-refractivity contribution in [3.63, 3.8) is 0 Å². The molecule has 0 fully saturated rings. The molecule has 0 aliphatic carbocycles. The first-order valence-corrected chi connectivity index (χ1v) is 5.64. The molecule has 0 amide bonds. The van der Waals surface area contributed by atoms with E-state index < -0.39 is 17.6 Å². The molecule has 0 aliphatic heterocycles. The number of rotatable bonds is 5. The van der Waals surface area contributed by atoms with Crippen molar-refractivity contribution in [3.05, 3.63) is 33.6 Å². The lowest BCUT2D eigenvalue weighted by atomic mass is 10.0. The zero-order valence-electron chi connectivity index (χ0n) is 9.17. The second kappa shape index (κ2) is 6.31. The number of carbonyl (C=O) groups excluding carboxylic acids is 1. The summed E-state index contributed by atoms with van der Waals surface area (Å²) >= 11 is 11.5. The van der Waals surface area contributed by atoms with Crippen molar-refractivity contribution in [1.29, 1.82) is 0 Å². The van der Waals surface area contributed by atoms with Crippen LogP contribution in [-0.4, -0.2) is 25.5 Å².